The molecule has 0 heterocycles. The van der Waals surface area contributed by atoms with Crippen molar-refractivity contribution in [3.05, 3.63) is 41.1 Å². The SMILES string of the molecule is CCCCCCC(C)C(=O)NC(C)c1ccc(/C(C(C)=N)=C(\C)N)cc1. The van der Waals surface area contributed by atoms with E-state index in [0.717, 1.165) is 29.5 Å². The van der Waals surface area contributed by atoms with Gasteiger partial charge in [-0.1, -0.05) is 63.8 Å². The van der Waals surface area contributed by atoms with Crippen LogP contribution >= 0.6 is 0 Å². The van der Waals surface area contributed by atoms with E-state index in [-0.39, 0.29) is 17.9 Å². The summed E-state index contributed by atoms with van der Waals surface area (Å²) in [5, 5.41) is 11.0. The highest BCUT2D eigenvalue weighted by Crippen LogP contribution is 2.21. The van der Waals surface area contributed by atoms with Gasteiger partial charge in [0.05, 0.1) is 6.04 Å². The van der Waals surface area contributed by atoms with Crippen LogP contribution in [-0.2, 0) is 4.79 Å². The molecule has 1 amide bonds. The van der Waals surface area contributed by atoms with Crippen molar-refractivity contribution >= 4 is 17.2 Å². The molecule has 0 bridgehead atoms. The summed E-state index contributed by atoms with van der Waals surface area (Å²) >= 11 is 0. The third-order valence-electron chi connectivity index (χ3n) is 4.77. The van der Waals surface area contributed by atoms with Crippen LogP contribution in [0.15, 0.2) is 30.0 Å². The first-order valence-corrected chi connectivity index (χ1v) is 9.70. The van der Waals surface area contributed by atoms with E-state index in [9.17, 15) is 4.79 Å². The highest BCUT2D eigenvalue weighted by atomic mass is 16.1. The summed E-state index contributed by atoms with van der Waals surface area (Å²) in [5.74, 6) is 0.162. The Labute approximate surface area is 158 Å². The number of amides is 1. The molecular formula is C22H35N3O. The minimum Gasteiger partial charge on any atom is -0.402 e. The lowest BCUT2D eigenvalue weighted by molar-refractivity contribution is -0.125. The molecule has 0 aromatic heterocycles. The average Bonchev–Trinajstić information content (AvgIpc) is 2.58. The molecule has 0 fully saturated rings. The first-order valence-electron chi connectivity index (χ1n) is 9.70. The molecule has 0 spiro atoms. The molecule has 1 aromatic rings. The zero-order valence-electron chi connectivity index (χ0n) is 17.0. The van der Waals surface area contributed by atoms with Crippen molar-refractivity contribution in [3.63, 3.8) is 0 Å². The molecule has 0 aliphatic carbocycles. The Balaban J connectivity index is 2.68. The molecular weight excluding hydrogens is 322 g/mol. The van der Waals surface area contributed by atoms with Gasteiger partial charge in [0.15, 0.2) is 0 Å². The largest absolute Gasteiger partial charge is 0.402 e. The van der Waals surface area contributed by atoms with Crippen molar-refractivity contribution in [2.24, 2.45) is 11.7 Å². The fraction of sp³-hybridized carbons (Fsp3) is 0.545. The van der Waals surface area contributed by atoms with Gasteiger partial charge in [-0.2, -0.15) is 0 Å². The molecule has 2 unspecified atom stereocenters. The second-order valence-electron chi connectivity index (χ2n) is 7.29. The van der Waals surface area contributed by atoms with Gasteiger partial charge in [0.2, 0.25) is 5.91 Å². The number of hydrogen-bond acceptors (Lipinski definition) is 3. The summed E-state index contributed by atoms with van der Waals surface area (Å²) in [6, 6.07) is 7.89. The van der Waals surface area contributed by atoms with Crippen molar-refractivity contribution in [3.8, 4) is 0 Å². The van der Waals surface area contributed by atoms with Gasteiger partial charge in [0.1, 0.15) is 0 Å². The second kappa shape index (κ2) is 10.8. The molecule has 1 rings (SSSR count). The molecule has 0 aliphatic rings. The van der Waals surface area contributed by atoms with Crippen molar-refractivity contribution < 1.29 is 4.79 Å². The highest BCUT2D eigenvalue weighted by molar-refractivity contribution is 6.21. The molecule has 0 saturated heterocycles. The number of unbranched alkanes of at least 4 members (excludes halogenated alkanes) is 3. The highest BCUT2D eigenvalue weighted by Gasteiger charge is 2.16. The maximum atomic E-state index is 12.4. The van der Waals surface area contributed by atoms with Crippen molar-refractivity contribution in [1.82, 2.24) is 5.32 Å². The second-order valence-corrected chi connectivity index (χ2v) is 7.29. The zero-order valence-corrected chi connectivity index (χ0v) is 17.0. The smallest absolute Gasteiger partial charge is 0.223 e. The fourth-order valence-corrected chi connectivity index (χ4v) is 3.13. The van der Waals surface area contributed by atoms with Crippen LogP contribution in [0.25, 0.3) is 5.57 Å². The lowest BCUT2D eigenvalue weighted by atomic mass is 9.97. The van der Waals surface area contributed by atoms with Gasteiger partial charge < -0.3 is 16.5 Å². The van der Waals surface area contributed by atoms with Crippen LogP contribution in [0.2, 0.25) is 0 Å². The van der Waals surface area contributed by atoms with Crippen molar-refractivity contribution in [2.45, 2.75) is 72.8 Å². The van der Waals surface area contributed by atoms with E-state index in [2.05, 4.69) is 12.2 Å². The standard InChI is InChI=1S/C22H35N3O/c1-6-7-8-9-10-15(2)22(26)25-18(5)19-11-13-20(14-12-19)21(16(3)23)17(4)24/h11-15,18,23H,6-10,24H2,1-5H3,(H,25,26)/b21-17+,23-16?. The molecule has 144 valence electrons. The van der Waals surface area contributed by atoms with Gasteiger partial charge in [-0.25, -0.2) is 0 Å². The van der Waals surface area contributed by atoms with E-state index in [4.69, 9.17) is 11.1 Å². The van der Waals surface area contributed by atoms with Crippen LogP contribution in [0, 0.1) is 11.3 Å². The molecule has 2 atom stereocenters. The number of nitrogens with one attached hydrogen (secondary N) is 2. The average molecular weight is 358 g/mol. The Morgan fingerprint density at radius 1 is 1.12 bits per heavy atom. The maximum absolute atomic E-state index is 12.4. The van der Waals surface area contributed by atoms with Gasteiger partial charge in [-0.3, -0.25) is 4.79 Å². The minimum absolute atomic E-state index is 0.0397. The number of rotatable bonds is 10. The zero-order chi connectivity index (χ0) is 19.7. The van der Waals surface area contributed by atoms with E-state index in [1.807, 2.05) is 45.0 Å². The molecule has 26 heavy (non-hydrogen) atoms. The van der Waals surface area contributed by atoms with Gasteiger partial charge in [-0.05, 0) is 38.3 Å². The number of nitrogens with two attached hydrogens (primary N) is 1. The Morgan fingerprint density at radius 3 is 2.23 bits per heavy atom. The van der Waals surface area contributed by atoms with Crippen molar-refractivity contribution in [1.29, 1.82) is 5.41 Å². The number of allylic oxidation sites excluding steroid dienone is 2. The lowest BCUT2D eigenvalue weighted by Crippen LogP contribution is -2.31. The van der Waals surface area contributed by atoms with E-state index < -0.39 is 0 Å². The Bertz CT molecular complexity index is 627. The minimum atomic E-state index is -0.0397. The van der Waals surface area contributed by atoms with Gasteiger partial charge in [0.25, 0.3) is 0 Å². The Morgan fingerprint density at radius 2 is 1.73 bits per heavy atom. The monoisotopic (exact) mass is 357 g/mol. The fourth-order valence-electron chi connectivity index (χ4n) is 3.13. The molecule has 1 aromatic carbocycles. The van der Waals surface area contributed by atoms with Gasteiger partial charge in [0, 0.05) is 22.9 Å². The molecule has 0 radical (unpaired) electrons. The summed E-state index contributed by atoms with van der Waals surface area (Å²) in [5.41, 5.74) is 9.76. The maximum Gasteiger partial charge on any atom is 0.223 e. The first-order chi connectivity index (χ1) is 12.3. The molecule has 4 nitrogen and oxygen atoms in total. The van der Waals surface area contributed by atoms with Crippen LogP contribution in [0.3, 0.4) is 0 Å². The summed E-state index contributed by atoms with van der Waals surface area (Å²) in [4.78, 5) is 12.4. The van der Waals surface area contributed by atoms with E-state index >= 15 is 0 Å². The predicted molar refractivity (Wildman–Crippen MR) is 111 cm³/mol. The number of carbonyl (C=O) groups is 1. The van der Waals surface area contributed by atoms with Gasteiger partial charge in [-0.15, -0.1) is 0 Å². The van der Waals surface area contributed by atoms with Crippen molar-refractivity contribution in [2.75, 3.05) is 0 Å². The van der Waals surface area contributed by atoms with Crippen LogP contribution in [-0.4, -0.2) is 11.6 Å². The van der Waals surface area contributed by atoms with Crippen LogP contribution in [0.1, 0.15) is 83.9 Å². The normalized spacial score (nSPS) is 14.3. The van der Waals surface area contributed by atoms with Gasteiger partial charge >= 0.3 is 0 Å². The summed E-state index contributed by atoms with van der Waals surface area (Å²) < 4.78 is 0. The quantitative estimate of drug-likeness (QED) is 0.397. The molecule has 0 aliphatic heterocycles. The Kier molecular flexibility index (Phi) is 9.11. The number of hydrogen-bond donors (Lipinski definition) is 3. The lowest BCUT2D eigenvalue weighted by Gasteiger charge is -2.18. The topological polar surface area (TPSA) is 79.0 Å². The van der Waals surface area contributed by atoms with Crippen LogP contribution in [0.4, 0.5) is 0 Å². The third kappa shape index (κ3) is 6.66. The summed E-state index contributed by atoms with van der Waals surface area (Å²) in [7, 11) is 0. The predicted octanol–water partition coefficient (Wildman–Crippen LogP) is 5.20. The van der Waals surface area contributed by atoms with Crippen LogP contribution in [0.5, 0.6) is 0 Å². The third-order valence-corrected chi connectivity index (χ3v) is 4.77. The van der Waals surface area contributed by atoms with Crippen LogP contribution < -0.4 is 11.1 Å². The first kappa shape index (κ1) is 21.9. The Hall–Kier alpha value is -2.10. The summed E-state index contributed by atoms with van der Waals surface area (Å²) in [6.45, 7) is 9.75. The number of benzene rings is 1. The molecule has 4 N–H and O–H groups in total. The molecule has 4 heteroatoms. The summed E-state index contributed by atoms with van der Waals surface area (Å²) in [6.07, 6.45) is 5.72. The van der Waals surface area contributed by atoms with E-state index in [1.54, 1.807) is 6.92 Å². The van der Waals surface area contributed by atoms with E-state index in [0.29, 0.717) is 11.4 Å². The molecule has 0 saturated carbocycles. The van der Waals surface area contributed by atoms with E-state index in [1.165, 1.54) is 19.3 Å². The number of carbonyl (C=O) groups excluding carboxylic acids is 1.